The Morgan fingerprint density at radius 1 is 1.56 bits per heavy atom. The van der Waals surface area contributed by atoms with Gasteiger partial charge in [0.1, 0.15) is 5.82 Å². The molecule has 1 fully saturated rings. The summed E-state index contributed by atoms with van der Waals surface area (Å²) in [5.41, 5.74) is 0.717. The monoisotopic (exact) mass is 246 g/mol. The van der Waals surface area contributed by atoms with E-state index in [1.54, 1.807) is 18.3 Å². The van der Waals surface area contributed by atoms with Crippen LogP contribution in [0.4, 0.5) is 0 Å². The van der Waals surface area contributed by atoms with E-state index in [1.165, 1.54) is 13.0 Å². The summed E-state index contributed by atoms with van der Waals surface area (Å²) in [6.45, 7) is 5.68. The smallest absolute Gasteiger partial charge is 0.183 e. The van der Waals surface area contributed by atoms with Crippen LogP contribution in [0.5, 0.6) is 0 Å². The van der Waals surface area contributed by atoms with E-state index >= 15 is 0 Å². The molecule has 0 radical (unpaired) electrons. The van der Waals surface area contributed by atoms with Crippen LogP contribution < -0.4 is 5.43 Å². The molecule has 1 aliphatic heterocycles. The first-order chi connectivity index (χ1) is 8.74. The predicted octanol–water partition coefficient (Wildman–Crippen LogP) is 0.907. The van der Waals surface area contributed by atoms with Gasteiger partial charge in [0.15, 0.2) is 11.1 Å². The van der Waals surface area contributed by atoms with Crippen molar-refractivity contribution in [2.24, 2.45) is 5.92 Å². The van der Waals surface area contributed by atoms with Crippen LogP contribution in [0.2, 0.25) is 0 Å². The highest BCUT2D eigenvalue weighted by molar-refractivity contribution is 5.36. The number of pyridine rings is 1. The molecule has 1 saturated heterocycles. The van der Waals surface area contributed by atoms with Crippen LogP contribution in [0.25, 0.3) is 5.65 Å². The molecule has 2 aromatic rings. The Hall–Kier alpha value is -1.62. The third-order valence-corrected chi connectivity index (χ3v) is 3.70. The Balaban J connectivity index is 1.77. The molecule has 1 atom stereocenters. The molecule has 2 aromatic heterocycles. The largest absolute Gasteiger partial charge is 0.303 e. The Labute approximate surface area is 105 Å². The third kappa shape index (κ3) is 2.18. The first-order valence-electron chi connectivity index (χ1n) is 6.54. The van der Waals surface area contributed by atoms with Crippen molar-refractivity contribution in [3.63, 3.8) is 0 Å². The minimum absolute atomic E-state index is 0.00562. The zero-order chi connectivity index (χ0) is 12.5. The number of aromatic amines is 1. The Morgan fingerprint density at radius 3 is 3.22 bits per heavy atom. The molecule has 5 heteroatoms. The molecule has 0 spiro atoms. The van der Waals surface area contributed by atoms with Crippen LogP contribution in [0, 0.1) is 5.92 Å². The van der Waals surface area contributed by atoms with Crippen molar-refractivity contribution in [1.82, 2.24) is 19.5 Å². The Kier molecular flexibility index (Phi) is 2.91. The molecule has 1 N–H and O–H groups in total. The van der Waals surface area contributed by atoms with Crippen molar-refractivity contribution in [3.05, 3.63) is 34.4 Å². The highest BCUT2D eigenvalue weighted by atomic mass is 16.1. The molecule has 1 aliphatic rings. The standard InChI is InChI=1S/C13H18N4O/c1-2-16-5-3-10(9-16)7-12-14-13-8-11(18)4-6-17(13)15-12/h4,6,8,10H,2-3,5,7,9H2,1H3,(H,14,15). The fraction of sp³-hybridized carbons (Fsp3) is 0.538. The van der Waals surface area contributed by atoms with E-state index < -0.39 is 0 Å². The van der Waals surface area contributed by atoms with E-state index in [0.717, 1.165) is 25.3 Å². The lowest BCUT2D eigenvalue weighted by Gasteiger charge is -2.11. The SMILES string of the molecule is CCN1CCC(Cc2nc3cc(=O)ccn3[nH]2)C1. The van der Waals surface area contributed by atoms with E-state index in [-0.39, 0.29) is 5.43 Å². The number of fused-ring (bicyclic) bond motifs is 1. The van der Waals surface area contributed by atoms with Gasteiger partial charge in [-0.05, 0) is 25.4 Å². The molecule has 0 saturated carbocycles. The molecule has 18 heavy (non-hydrogen) atoms. The molecule has 1 unspecified atom stereocenters. The summed E-state index contributed by atoms with van der Waals surface area (Å²) in [7, 11) is 0. The predicted molar refractivity (Wildman–Crippen MR) is 69.7 cm³/mol. The van der Waals surface area contributed by atoms with Crippen molar-refractivity contribution in [3.8, 4) is 0 Å². The first-order valence-corrected chi connectivity index (χ1v) is 6.54. The summed E-state index contributed by atoms with van der Waals surface area (Å²) in [6.07, 6.45) is 3.94. The highest BCUT2D eigenvalue weighted by Gasteiger charge is 2.22. The number of aromatic nitrogens is 3. The van der Waals surface area contributed by atoms with Gasteiger partial charge in [0.2, 0.25) is 0 Å². The van der Waals surface area contributed by atoms with Crippen LogP contribution in [-0.4, -0.2) is 39.1 Å². The summed E-state index contributed by atoms with van der Waals surface area (Å²) in [5, 5.41) is 3.23. The maximum atomic E-state index is 11.2. The molecule has 0 amide bonds. The number of nitrogens with zero attached hydrogens (tertiary/aromatic N) is 3. The molecule has 5 nitrogen and oxygen atoms in total. The topological polar surface area (TPSA) is 53.4 Å². The first kappa shape index (κ1) is 11.5. The lowest BCUT2D eigenvalue weighted by atomic mass is 10.1. The average Bonchev–Trinajstić information content (AvgIpc) is 2.95. The summed E-state index contributed by atoms with van der Waals surface area (Å²) in [5.74, 6) is 1.65. The minimum atomic E-state index is 0.00562. The molecule has 3 rings (SSSR count). The van der Waals surface area contributed by atoms with Crippen molar-refractivity contribution in [2.75, 3.05) is 19.6 Å². The van der Waals surface area contributed by atoms with Gasteiger partial charge in [-0.25, -0.2) is 9.50 Å². The second-order valence-electron chi connectivity index (χ2n) is 5.01. The van der Waals surface area contributed by atoms with Crippen LogP contribution >= 0.6 is 0 Å². The fourth-order valence-corrected chi connectivity index (χ4v) is 2.68. The van der Waals surface area contributed by atoms with Crippen molar-refractivity contribution < 1.29 is 0 Å². The van der Waals surface area contributed by atoms with Gasteiger partial charge in [0.25, 0.3) is 0 Å². The van der Waals surface area contributed by atoms with E-state index in [2.05, 4.69) is 21.9 Å². The molecule has 0 bridgehead atoms. The van der Waals surface area contributed by atoms with Gasteiger partial charge in [-0.2, -0.15) is 0 Å². The maximum Gasteiger partial charge on any atom is 0.183 e. The summed E-state index contributed by atoms with van der Waals surface area (Å²) < 4.78 is 1.81. The van der Waals surface area contributed by atoms with Crippen LogP contribution in [0.15, 0.2) is 23.1 Å². The van der Waals surface area contributed by atoms with Gasteiger partial charge in [0, 0.05) is 31.3 Å². The van der Waals surface area contributed by atoms with Crippen molar-refractivity contribution in [2.45, 2.75) is 19.8 Å². The molecule has 3 heterocycles. The lowest BCUT2D eigenvalue weighted by molar-refractivity contribution is 0.341. The van der Waals surface area contributed by atoms with E-state index in [1.807, 2.05) is 4.52 Å². The van der Waals surface area contributed by atoms with Crippen LogP contribution in [0.1, 0.15) is 19.2 Å². The number of likely N-dealkylation sites (tertiary alicyclic amines) is 1. The van der Waals surface area contributed by atoms with Gasteiger partial charge < -0.3 is 4.90 Å². The third-order valence-electron chi connectivity index (χ3n) is 3.70. The Bertz CT molecular complexity index is 600. The quantitative estimate of drug-likeness (QED) is 0.875. The van der Waals surface area contributed by atoms with E-state index in [9.17, 15) is 4.79 Å². The van der Waals surface area contributed by atoms with Crippen molar-refractivity contribution in [1.29, 1.82) is 0 Å². The molecule has 96 valence electrons. The highest BCUT2D eigenvalue weighted by Crippen LogP contribution is 2.19. The normalized spacial score (nSPS) is 20.8. The van der Waals surface area contributed by atoms with E-state index in [4.69, 9.17) is 0 Å². The van der Waals surface area contributed by atoms with Crippen LogP contribution in [0.3, 0.4) is 0 Å². The zero-order valence-electron chi connectivity index (χ0n) is 10.6. The van der Waals surface area contributed by atoms with Gasteiger partial charge in [-0.1, -0.05) is 6.92 Å². The summed E-state index contributed by atoms with van der Waals surface area (Å²) in [6, 6.07) is 3.11. The second kappa shape index (κ2) is 4.57. The lowest BCUT2D eigenvalue weighted by Crippen LogP contribution is -2.20. The number of H-pyrrole nitrogens is 1. The minimum Gasteiger partial charge on any atom is -0.303 e. The number of nitrogens with one attached hydrogen (secondary N) is 1. The molecule has 0 aromatic carbocycles. The summed E-state index contributed by atoms with van der Waals surface area (Å²) in [4.78, 5) is 18.2. The number of rotatable bonds is 3. The zero-order valence-corrected chi connectivity index (χ0v) is 10.6. The maximum absolute atomic E-state index is 11.2. The van der Waals surface area contributed by atoms with Gasteiger partial charge in [-0.15, -0.1) is 0 Å². The van der Waals surface area contributed by atoms with Gasteiger partial charge >= 0.3 is 0 Å². The molecule has 0 aliphatic carbocycles. The van der Waals surface area contributed by atoms with Crippen LogP contribution in [-0.2, 0) is 6.42 Å². The van der Waals surface area contributed by atoms with E-state index in [0.29, 0.717) is 11.6 Å². The molecular weight excluding hydrogens is 228 g/mol. The number of hydrogen-bond acceptors (Lipinski definition) is 3. The van der Waals surface area contributed by atoms with Gasteiger partial charge in [-0.3, -0.25) is 9.89 Å². The summed E-state index contributed by atoms with van der Waals surface area (Å²) >= 11 is 0. The average molecular weight is 246 g/mol. The fourth-order valence-electron chi connectivity index (χ4n) is 2.68. The number of hydrogen-bond donors (Lipinski definition) is 1. The second-order valence-corrected chi connectivity index (χ2v) is 5.01. The Morgan fingerprint density at radius 2 is 2.44 bits per heavy atom. The van der Waals surface area contributed by atoms with Crippen molar-refractivity contribution >= 4 is 5.65 Å². The molecular formula is C13H18N4O. The van der Waals surface area contributed by atoms with Gasteiger partial charge in [0.05, 0.1) is 0 Å².